The number of likely N-dealkylation sites (tertiary alicyclic amines) is 1. The van der Waals surface area contributed by atoms with E-state index in [2.05, 4.69) is 20.9 Å². The van der Waals surface area contributed by atoms with Crippen molar-refractivity contribution in [3.8, 4) is 0 Å². The summed E-state index contributed by atoms with van der Waals surface area (Å²) < 4.78 is 7.28. The molecule has 1 amide bonds. The van der Waals surface area contributed by atoms with E-state index in [1.54, 1.807) is 14.0 Å². The molecule has 170 valence electrons. The number of nitrogens with one attached hydrogen (secondary N) is 1. The third kappa shape index (κ3) is 4.85. The number of aliphatic hydroxyl groups excluding tert-OH is 1. The molecule has 0 bridgehead atoms. The summed E-state index contributed by atoms with van der Waals surface area (Å²) in [6, 6.07) is 2.40. The monoisotopic (exact) mass is 429 g/mol. The Labute approximate surface area is 184 Å². The molecule has 0 unspecified atom stereocenters. The standard InChI is InChI=1S/C23H35N5O3/c1-15(14-31-3)25-23-24-12-22-20(18-5-4-10-27(13-18)16(2)29)11-21(28(22)26-23)17-6-8-19(30)9-7-17/h11-12,15,17-19,30H,4-10,13-14H2,1-3H3,(H,25,26)/t15-,17-,18+,19-/m0/s1. The highest BCUT2D eigenvalue weighted by molar-refractivity contribution is 5.73. The second-order valence-electron chi connectivity index (χ2n) is 9.21. The Balaban J connectivity index is 1.70. The average molecular weight is 430 g/mol. The number of anilines is 1. The quantitative estimate of drug-likeness (QED) is 0.734. The van der Waals surface area contributed by atoms with E-state index in [4.69, 9.17) is 9.84 Å². The van der Waals surface area contributed by atoms with Crippen LogP contribution >= 0.6 is 0 Å². The molecule has 0 spiro atoms. The van der Waals surface area contributed by atoms with Gasteiger partial charge in [-0.05, 0) is 57.1 Å². The molecule has 2 fully saturated rings. The maximum absolute atomic E-state index is 12.0. The summed E-state index contributed by atoms with van der Waals surface area (Å²) in [6.07, 6.45) is 7.39. The highest BCUT2D eigenvalue weighted by Gasteiger charge is 2.30. The van der Waals surface area contributed by atoms with Gasteiger partial charge in [-0.2, -0.15) is 0 Å². The molecule has 1 saturated heterocycles. The van der Waals surface area contributed by atoms with Crippen molar-refractivity contribution in [2.45, 2.75) is 76.4 Å². The van der Waals surface area contributed by atoms with Gasteiger partial charge >= 0.3 is 0 Å². The van der Waals surface area contributed by atoms with Crippen LogP contribution in [-0.2, 0) is 9.53 Å². The van der Waals surface area contributed by atoms with Gasteiger partial charge in [-0.15, -0.1) is 5.10 Å². The van der Waals surface area contributed by atoms with Gasteiger partial charge in [0, 0.05) is 50.7 Å². The number of nitrogens with zero attached hydrogens (tertiary/aromatic N) is 4. The zero-order valence-corrected chi connectivity index (χ0v) is 18.9. The van der Waals surface area contributed by atoms with Crippen molar-refractivity contribution < 1.29 is 14.6 Å². The minimum absolute atomic E-state index is 0.105. The number of hydrogen-bond acceptors (Lipinski definition) is 6. The first-order valence-electron chi connectivity index (χ1n) is 11.5. The van der Waals surface area contributed by atoms with Crippen molar-refractivity contribution in [3.05, 3.63) is 23.5 Å². The largest absolute Gasteiger partial charge is 0.393 e. The third-order valence-electron chi connectivity index (χ3n) is 6.79. The van der Waals surface area contributed by atoms with Gasteiger partial charge in [0.25, 0.3) is 0 Å². The Hall–Kier alpha value is -2.19. The summed E-state index contributed by atoms with van der Waals surface area (Å²) >= 11 is 0. The summed E-state index contributed by atoms with van der Waals surface area (Å²) in [4.78, 5) is 18.5. The lowest BCUT2D eigenvalue weighted by Crippen LogP contribution is -2.37. The first-order valence-corrected chi connectivity index (χ1v) is 11.5. The molecular weight excluding hydrogens is 394 g/mol. The summed E-state index contributed by atoms with van der Waals surface area (Å²) in [6.45, 7) is 5.87. The van der Waals surface area contributed by atoms with Gasteiger partial charge in [0.2, 0.25) is 11.9 Å². The van der Waals surface area contributed by atoms with Gasteiger partial charge in [0.05, 0.1) is 24.4 Å². The predicted octanol–water partition coefficient (Wildman–Crippen LogP) is 2.92. The number of methoxy groups -OCH3 is 1. The van der Waals surface area contributed by atoms with Gasteiger partial charge in [0.15, 0.2) is 0 Å². The van der Waals surface area contributed by atoms with Gasteiger partial charge < -0.3 is 20.1 Å². The van der Waals surface area contributed by atoms with Crippen LogP contribution in [0, 0.1) is 0 Å². The van der Waals surface area contributed by atoms with E-state index in [0.29, 0.717) is 24.4 Å². The highest BCUT2D eigenvalue weighted by Crippen LogP contribution is 2.38. The van der Waals surface area contributed by atoms with E-state index in [9.17, 15) is 9.90 Å². The zero-order chi connectivity index (χ0) is 22.0. The van der Waals surface area contributed by atoms with Crippen molar-refractivity contribution in [3.63, 3.8) is 0 Å². The number of carbonyl (C=O) groups excluding carboxylic acids is 1. The van der Waals surface area contributed by atoms with Crippen molar-refractivity contribution in [2.75, 3.05) is 32.1 Å². The summed E-state index contributed by atoms with van der Waals surface area (Å²) in [5, 5.41) is 18.2. The minimum atomic E-state index is -0.189. The summed E-state index contributed by atoms with van der Waals surface area (Å²) in [5.74, 6) is 1.40. The maximum atomic E-state index is 12.0. The molecule has 1 saturated carbocycles. The lowest BCUT2D eigenvalue weighted by Gasteiger charge is -2.32. The Bertz CT molecular complexity index is 906. The van der Waals surface area contributed by atoms with Crippen LogP contribution in [0.4, 0.5) is 5.95 Å². The van der Waals surface area contributed by atoms with E-state index in [1.807, 2.05) is 18.0 Å². The van der Waals surface area contributed by atoms with E-state index < -0.39 is 0 Å². The molecule has 2 aromatic heterocycles. The molecule has 1 aliphatic carbocycles. The SMILES string of the molecule is COC[C@H](C)Nc1ncc2c([C@@H]3CCCN(C(C)=O)C3)cc([C@H]3CC[C@H](O)CC3)n2n1. The number of carbonyl (C=O) groups is 1. The smallest absolute Gasteiger partial charge is 0.241 e. The molecule has 0 aromatic carbocycles. The van der Waals surface area contributed by atoms with Crippen LogP contribution in [0.2, 0.25) is 0 Å². The molecule has 1 aliphatic heterocycles. The van der Waals surface area contributed by atoms with Gasteiger partial charge in [-0.3, -0.25) is 4.79 Å². The van der Waals surface area contributed by atoms with Gasteiger partial charge in [0.1, 0.15) is 0 Å². The minimum Gasteiger partial charge on any atom is -0.393 e. The number of amides is 1. The first-order chi connectivity index (χ1) is 15.0. The van der Waals surface area contributed by atoms with Crippen molar-refractivity contribution in [1.29, 1.82) is 0 Å². The molecular formula is C23H35N5O3. The Morgan fingerprint density at radius 1 is 1.29 bits per heavy atom. The average Bonchev–Trinajstić information content (AvgIpc) is 3.13. The third-order valence-corrected chi connectivity index (χ3v) is 6.79. The molecule has 31 heavy (non-hydrogen) atoms. The molecule has 2 aromatic rings. The second-order valence-corrected chi connectivity index (χ2v) is 9.21. The number of ether oxygens (including phenoxy) is 1. The normalized spacial score (nSPS) is 25.5. The van der Waals surface area contributed by atoms with Crippen LogP contribution < -0.4 is 5.32 Å². The molecule has 2 atom stereocenters. The fourth-order valence-electron chi connectivity index (χ4n) is 5.12. The van der Waals surface area contributed by atoms with Crippen LogP contribution in [0.25, 0.3) is 5.52 Å². The number of aliphatic hydroxyl groups is 1. The van der Waals surface area contributed by atoms with Crippen LogP contribution in [0.15, 0.2) is 12.3 Å². The molecule has 8 nitrogen and oxygen atoms in total. The van der Waals surface area contributed by atoms with E-state index >= 15 is 0 Å². The molecule has 8 heteroatoms. The number of hydrogen-bond donors (Lipinski definition) is 2. The fraction of sp³-hybridized carbons (Fsp3) is 0.696. The summed E-state index contributed by atoms with van der Waals surface area (Å²) in [7, 11) is 1.69. The van der Waals surface area contributed by atoms with E-state index in [1.165, 1.54) is 11.3 Å². The predicted molar refractivity (Wildman–Crippen MR) is 119 cm³/mol. The number of rotatable bonds is 6. The lowest BCUT2D eigenvalue weighted by atomic mass is 9.84. The number of fused-ring (bicyclic) bond motifs is 1. The second kappa shape index (κ2) is 9.53. The topological polar surface area (TPSA) is 92.0 Å². The Kier molecular flexibility index (Phi) is 6.77. The van der Waals surface area contributed by atoms with Gasteiger partial charge in [-0.25, -0.2) is 9.50 Å². The number of piperidine rings is 1. The Morgan fingerprint density at radius 2 is 2.06 bits per heavy atom. The molecule has 3 heterocycles. The van der Waals surface area contributed by atoms with E-state index in [0.717, 1.165) is 57.1 Å². The lowest BCUT2D eigenvalue weighted by molar-refractivity contribution is -0.130. The fourth-order valence-corrected chi connectivity index (χ4v) is 5.12. The molecule has 4 rings (SSSR count). The number of aromatic nitrogens is 3. The molecule has 0 radical (unpaired) electrons. The summed E-state index contributed by atoms with van der Waals surface area (Å²) in [5.41, 5.74) is 3.46. The molecule has 2 N–H and O–H groups in total. The van der Waals surface area contributed by atoms with Crippen LogP contribution in [0.3, 0.4) is 0 Å². The Morgan fingerprint density at radius 3 is 2.77 bits per heavy atom. The van der Waals surface area contributed by atoms with E-state index in [-0.39, 0.29) is 18.1 Å². The van der Waals surface area contributed by atoms with Crippen LogP contribution in [0.1, 0.15) is 75.5 Å². The zero-order valence-electron chi connectivity index (χ0n) is 18.9. The van der Waals surface area contributed by atoms with Crippen molar-refractivity contribution in [1.82, 2.24) is 19.5 Å². The van der Waals surface area contributed by atoms with Crippen LogP contribution in [0.5, 0.6) is 0 Å². The molecule has 2 aliphatic rings. The highest BCUT2D eigenvalue weighted by atomic mass is 16.5. The first kappa shape index (κ1) is 22.0. The van der Waals surface area contributed by atoms with Crippen LogP contribution in [-0.4, -0.2) is 69.5 Å². The maximum Gasteiger partial charge on any atom is 0.241 e. The van der Waals surface area contributed by atoms with Gasteiger partial charge in [-0.1, -0.05) is 0 Å². The van der Waals surface area contributed by atoms with Crippen molar-refractivity contribution in [2.24, 2.45) is 0 Å². The van der Waals surface area contributed by atoms with Crippen molar-refractivity contribution >= 4 is 17.4 Å².